The third-order valence-electron chi connectivity index (χ3n) is 6.27. The van der Waals surface area contributed by atoms with E-state index in [2.05, 4.69) is 16.0 Å². The Balaban J connectivity index is 1.44. The molecule has 0 saturated carbocycles. The second-order valence-electron chi connectivity index (χ2n) is 9.29. The Labute approximate surface area is 264 Å². The minimum Gasteiger partial charge on any atom is -0.324 e. The van der Waals surface area contributed by atoms with Crippen molar-refractivity contribution in [3.05, 3.63) is 137 Å². The highest BCUT2D eigenvalue weighted by atomic mass is 35.5. The van der Waals surface area contributed by atoms with Gasteiger partial charge in [-0.3, -0.25) is 44.7 Å². The highest BCUT2D eigenvalue weighted by molar-refractivity contribution is 6.36. The lowest BCUT2D eigenvalue weighted by Crippen LogP contribution is -2.34. The quantitative estimate of drug-likeness (QED) is 0.102. The molecule has 0 heterocycles. The molecule has 0 aromatic heterocycles. The summed E-state index contributed by atoms with van der Waals surface area (Å²) in [5.41, 5.74) is -0.985. The fourth-order valence-corrected chi connectivity index (χ4v) is 4.59. The number of carbonyl (C=O) groups is 4. The molecule has 15 heteroatoms. The number of amides is 2. The van der Waals surface area contributed by atoms with Crippen molar-refractivity contribution in [1.29, 1.82) is 0 Å². The van der Waals surface area contributed by atoms with Gasteiger partial charge in [-0.25, -0.2) is 0 Å². The zero-order chi connectivity index (χ0) is 32.7. The van der Waals surface area contributed by atoms with Gasteiger partial charge in [0.1, 0.15) is 0 Å². The van der Waals surface area contributed by atoms with Crippen LogP contribution in [0.25, 0.3) is 0 Å². The average molecular weight is 650 g/mol. The number of anilines is 2. The maximum absolute atomic E-state index is 13.2. The van der Waals surface area contributed by atoms with E-state index in [1.54, 1.807) is 24.3 Å². The number of benzene rings is 4. The van der Waals surface area contributed by atoms with Crippen molar-refractivity contribution in [2.45, 2.75) is 0 Å². The van der Waals surface area contributed by atoms with Crippen molar-refractivity contribution in [2.24, 2.45) is 0 Å². The Morgan fingerprint density at radius 3 is 1.31 bits per heavy atom. The summed E-state index contributed by atoms with van der Waals surface area (Å²) in [4.78, 5) is 73.0. The van der Waals surface area contributed by atoms with E-state index in [0.717, 1.165) is 24.3 Å². The SMILES string of the molecule is O=C(CNCC(=O)Nc1ccc([N+](=O)[O-])cc1C(=O)c1ccccc1Cl)Nc1ccc([N+](=O)[O-])cc1C(=O)c1ccccc1Cl. The van der Waals surface area contributed by atoms with E-state index in [1.807, 2.05) is 0 Å². The number of nitrogens with one attached hydrogen (secondary N) is 3. The lowest BCUT2D eigenvalue weighted by atomic mass is 10.0. The zero-order valence-corrected chi connectivity index (χ0v) is 24.4. The van der Waals surface area contributed by atoms with Crippen molar-refractivity contribution < 1.29 is 29.0 Å². The van der Waals surface area contributed by atoms with E-state index in [4.69, 9.17) is 23.2 Å². The van der Waals surface area contributed by atoms with Gasteiger partial charge in [0.25, 0.3) is 11.4 Å². The van der Waals surface area contributed by atoms with Gasteiger partial charge in [0.15, 0.2) is 11.6 Å². The Kier molecular flexibility index (Phi) is 10.3. The molecule has 0 bridgehead atoms. The van der Waals surface area contributed by atoms with E-state index in [9.17, 15) is 39.4 Å². The molecule has 45 heavy (non-hydrogen) atoms. The van der Waals surface area contributed by atoms with E-state index >= 15 is 0 Å². The summed E-state index contributed by atoms with van der Waals surface area (Å²) in [6.07, 6.45) is 0. The number of nitro benzene ring substituents is 2. The van der Waals surface area contributed by atoms with Crippen molar-refractivity contribution >= 4 is 69.3 Å². The summed E-state index contributed by atoms with van der Waals surface area (Å²) in [5.74, 6) is -2.68. The van der Waals surface area contributed by atoms with Crippen molar-refractivity contribution in [3.63, 3.8) is 0 Å². The lowest BCUT2D eigenvalue weighted by Gasteiger charge is -2.13. The summed E-state index contributed by atoms with van der Waals surface area (Å²) in [6, 6.07) is 18.9. The normalized spacial score (nSPS) is 10.5. The molecule has 0 aliphatic rings. The summed E-state index contributed by atoms with van der Waals surface area (Å²) >= 11 is 12.3. The van der Waals surface area contributed by atoms with Gasteiger partial charge in [-0.2, -0.15) is 0 Å². The summed E-state index contributed by atoms with van der Waals surface area (Å²) in [6.45, 7) is -0.842. The third kappa shape index (κ3) is 7.92. The predicted octanol–water partition coefficient (Wildman–Crippen LogP) is 5.44. The van der Waals surface area contributed by atoms with Gasteiger partial charge >= 0.3 is 0 Å². The highest BCUT2D eigenvalue weighted by Gasteiger charge is 2.23. The van der Waals surface area contributed by atoms with Crippen molar-refractivity contribution in [2.75, 3.05) is 23.7 Å². The first-order chi connectivity index (χ1) is 21.5. The zero-order valence-electron chi connectivity index (χ0n) is 22.9. The fourth-order valence-electron chi connectivity index (χ4n) is 4.14. The molecule has 4 aromatic carbocycles. The molecule has 0 spiro atoms. The summed E-state index contributed by atoms with van der Waals surface area (Å²) in [5, 5.41) is 30.5. The van der Waals surface area contributed by atoms with Crippen LogP contribution >= 0.6 is 23.2 Å². The molecule has 3 N–H and O–H groups in total. The first-order valence-electron chi connectivity index (χ1n) is 12.9. The van der Waals surface area contributed by atoms with Gasteiger partial charge in [-0.1, -0.05) is 47.5 Å². The predicted molar refractivity (Wildman–Crippen MR) is 166 cm³/mol. The number of ketones is 2. The Hall–Kier alpha value is -5.50. The van der Waals surface area contributed by atoms with Gasteiger partial charge < -0.3 is 10.6 Å². The van der Waals surface area contributed by atoms with Crippen LogP contribution in [0.15, 0.2) is 84.9 Å². The standard InChI is InChI=1S/C30H21Cl2N5O8/c31-23-7-3-1-5-19(23)29(40)21-13-17(36(42)43)9-11-25(21)34-27(38)15-33-16-28(39)35-26-12-10-18(37(44)45)14-22(26)30(41)20-6-2-4-8-24(20)32/h1-14,33H,15-16H2,(H,34,38)(H,35,39). The molecule has 0 saturated heterocycles. The molecule has 228 valence electrons. The molecule has 0 aliphatic carbocycles. The van der Waals surface area contributed by atoms with E-state index in [-0.39, 0.29) is 55.0 Å². The van der Waals surface area contributed by atoms with Gasteiger partial charge in [-0.05, 0) is 36.4 Å². The lowest BCUT2D eigenvalue weighted by molar-refractivity contribution is -0.385. The molecule has 0 atom stereocenters. The average Bonchev–Trinajstić information content (AvgIpc) is 3.01. The van der Waals surface area contributed by atoms with E-state index in [0.29, 0.717) is 0 Å². The van der Waals surface area contributed by atoms with Crippen LogP contribution in [-0.2, 0) is 9.59 Å². The Morgan fingerprint density at radius 1 is 0.578 bits per heavy atom. The molecule has 13 nitrogen and oxygen atoms in total. The number of rotatable bonds is 12. The van der Waals surface area contributed by atoms with Gasteiger partial charge in [0, 0.05) is 35.4 Å². The minimum atomic E-state index is -0.687. The molecule has 0 aliphatic heterocycles. The number of non-ortho nitro benzene ring substituents is 2. The van der Waals surface area contributed by atoms with Gasteiger partial charge in [-0.15, -0.1) is 0 Å². The molecule has 0 fully saturated rings. The van der Waals surface area contributed by atoms with E-state index < -0.39 is 46.3 Å². The third-order valence-corrected chi connectivity index (χ3v) is 6.93. The molecular formula is C30H21Cl2N5O8. The van der Waals surface area contributed by atoms with Crippen LogP contribution in [0.2, 0.25) is 10.0 Å². The van der Waals surface area contributed by atoms with Crippen LogP contribution in [0.3, 0.4) is 0 Å². The maximum atomic E-state index is 13.2. The molecule has 4 aromatic rings. The molecule has 0 unspecified atom stereocenters. The number of nitrogens with zero attached hydrogens (tertiary/aromatic N) is 2. The highest BCUT2D eigenvalue weighted by Crippen LogP contribution is 2.29. The first kappa shape index (κ1) is 32.4. The Morgan fingerprint density at radius 2 is 0.956 bits per heavy atom. The van der Waals surface area contributed by atoms with Crippen LogP contribution in [-0.4, -0.2) is 46.3 Å². The summed E-state index contributed by atoms with van der Waals surface area (Å²) in [7, 11) is 0. The van der Waals surface area contributed by atoms with Gasteiger partial charge in [0.2, 0.25) is 11.8 Å². The second kappa shape index (κ2) is 14.3. The van der Waals surface area contributed by atoms with Crippen molar-refractivity contribution in [3.8, 4) is 0 Å². The molecular weight excluding hydrogens is 629 g/mol. The van der Waals surface area contributed by atoms with Crippen LogP contribution < -0.4 is 16.0 Å². The first-order valence-corrected chi connectivity index (χ1v) is 13.7. The second-order valence-corrected chi connectivity index (χ2v) is 10.1. The smallest absolute Gasteiger partial charge is 0.270 e. The largest absolute Gasteiger partial charge is 0.324 e. The molecule has 4 rings (SSSR count). The van der Waals surface area contributed by atoms with Crippen LogP contribution in [0.5, 0.6) is 0 Å². The maximum Gasteiger partial charge on any atom is 0.270 e. The molecule has 0 radical (unpaired) electrons. The number of hydrogen-bond donors (Lipinski definition) is 3. The van der Waals surface area contributed by atoms with Crippen LogP contribution in [0, 0.1) is 20.2 Å². The number of halogens is 2. The number of nitro groups is 2. The minimum absolute atomic E-state index is 0.0182. The fraction of sp³-hybridized carbons (Fsp3) is 0.0667. The monoisotopic (exact) mass is 649 g/mol. The van der Waals surface area contributed by atoms with Crippen molar-refractivity contribution in [1.82, 2.24) is 5.32 Å². The van der Waals surface area contributed by atoms with Gasteiger partial charge in [0.05, 0.1) is 55.5 Å². The summed E-state index contributed by atoms with van der Waals surface area (Å²) < 4.78 is 0. The molecule has 2 amide bonds. The van der Waals surface area contributed by atoms with Crippen LogP contribution in [0.4, 0.5) is 22.7 Å². The van der Waals surface area contributed by atoms with Crippen LogP contribution in [0.1, 0.15) is 31.8 Å². The topological polar surface area (TPSA) is 191 Å². The Bertz CT molecular complexity index is 1730. The number of carbonyl (C=O) groups excluding carboxylic acids is 4. The number of hydrogen-bond acceptors (Lipinski definition) is 9. The van der Waals surface area contributed by atoms with E-state index in [1.165, 1.54) is 36.4 Å².